The second-order valence-corrected chi connectivity index (χ2v) is 4.84. The van der Waals surface area contributed by atoms with Gasteiger partial charge in [0.25, 0.3) is 5.91 Å². The Balaban J connectivity index is 2.57. The van der Waals surface area contributed by atoms with E-state index in [9.17, 15) is 9.59 Å². The van der Waals surface area contributed by atoms with Gasteiger partial charge in [-0.25, -0.2) is 5.43 Å². The Morgan fingerprint density at radius 3 is 2.45 bits per heavy atom. The Kier molecular flexibility index (Phi) is 6.43. The van der Waals surface area contributed by atoms with E-state index in [1.807, 2.05) is 20.8 Å². The molecule has 0 saturated heterocycles. The maximum atomic E-state index is 11.7. The molecule has 0 aliphatic rings. The Morgan fingerprint density at radius 1 is 1.25 bits per heavy atom. The fourth-order valence-corrected chi connectivity index (χ4v) is 1.47. The van der Waals surface area contributed by atoms with Crippen molar-refractivity contribution in [3.05, 3.63) is 29.8 Å². The monoisotopic (exact) mass is 275 g/mol. The van der Waals surface area contributed by atoms with Gasteiger partial charge in [0.05, 0.1) is 0 Å². The third-order valence-corrected chi connectivity index (χ3v) is 2.45. The predicted molar refractivity (Wildman–Crippen MR) is 80.8 cm³/mol. The van der Waals surface area contributed by atoms with Crippen LogP contribution in [0.15, 0.2) is 29.4 Å². The first-order valence-corrected chi connectivity index (χ1v) is 6.76. The fraction of sp³-hybridized carbons (Fsp3) is 0.400. The first-order valence-electron chi connectivity index (χ1n) is 6.76. The SMILES string of the molecule is CCCC(=O)Nc1ccc(C(=O)N/N=C/C(C)C)cc1. The zero-order valence-corrected chi connectivity index (χ0v) is 12.1. The quantitative estimate of drug-likeness (QED) is 0.619. The molecular formula is C15H21N3O2. The summed E-state index contributed by atoms with van der Waals surface area (Å²) in [6, 6.07) is 6.72. The summed E-state index contributed by atoms with van der Waals surface area (Å²) in [5, 5.41) is 6.61. The molecule has 20 heavy (non-hydrogen) atoms. The first kappa shape index (κ1) is 15.9. The Labute approximate surface area is 119 Å². The molecule has 0 fully saturated rings. The van der Waals surface area contributed by atoms with E-state index >= 15 is 0 Å². The molecule has 2 amide bonds. The molecule has 5 nitrogen and oxygen atoms in total. The average molecular weight is 275 g/mol. The molecule has 1 aromatic carbocycles. The van der Waals surface area contributed by atoms with Crippen molar-refractivity contribution in [1.82, 2.24) is 5.43 Å². The predicted octanol–water partition coefficient (Wildman–Crippen LogP) is 2.80. The van der Waals surface area contributed by atoms with Crippen LogP contribution < -0.4 is 10.7 Å². The van der Waals surface area contributed by atoms with Crippen LogP contribution in [-0.2, 0) is 4.79 Å². The summed E-state index contributed by atoms with van der Waals surface area (Å²) in [6.07, 6.45) is 2.96. The molecule has 0 aliphatic heterocycles. The molecule has 5 heteroatoms. The van der Waals surface area contributed by atoms with Crippen LogP contribution in [0.5, 0.6) is 0 Å². The number of anilines is 1. The third kappa shape index (κ3) is 5.65. The van der Waals surface area contributed by atoms with Crippen LogP contribution >= 0.6 is 0 Å². The Morgan fingerprint density at radius 2 is 1.90 bits per heavy atom. The van der Waals surface area contributed by atoms with Crippen LogP contribution in [-0.4, -0.2) is 18.0 Å². The number of nitrogens with zero attached hydrogens (tertiary/aromatic N) is 1. The van der Waals surface area contributed by atoms with Gasteiger partial charge < -0.3 is 5.32 Å². The highest BCUT2D eigenvalue weighted by Crippen LogP contribution is 2.10. The van der Waals surface area contributed by atoms with Crippen molar-refractivity contribution in [3.63, 3.8) is 0 Å². The summed E-state index contributed by atoms with van der Waals surface area (Å²) >= 11 is 0. The van der Waals surface area contributed by atoms with Crippen LogP contribution in [0.2, 0.25) is 0 Å². The minimum Gasteiger partial charge on any atom is -0.326 e. The van der Waals surface area contributed by atoms with Crippen molar-refractivity contribution in [2.45, 2.75) is 33.6 Å². The molecule has 0 radical (unpaired) electrons. The zero-order chi connectivity index (χ0) is 15.0. The number of carbonyl (C=O) groups excluding carboxylic acids is 2. The van der Waals surface area contributed by atoms with Gasteiger partial charge in [-0.05, 0) is 36.6 Å². The number of benzene rings is 1. The standard InChI is InChI=1S/C15H21N3O2/c1-4-5-14(19)17-13-8-6-12(7-9-13)15(20)18-16-10-11(2)3/h6-11H,4-5H2,1-3H3,(H,17,19)(H,18,20)/b16-10+. The van der Waals surface area contributed by atoms with E-state index in [4.69, 9.17) is 0 Å². The van der Waals surface area contributed by atoms with E-state index in [1.54, 1.807) is 30.5 Å². The number of hydrogen-bond donors (Lipinski definition) is 2. The van der Waals surface area contributed by atoms with Crippen molar-refractivity contribution >= 4 is 23.7 Å². The number of amides is 2. The van der Waals surface area contributed by atoms with E-state index < -0.39 is 0 Å². The Hall–Kier alpha value is -2.17. The topological polar surface area (TPSA) is 70.6 Å². The molecule has 0 bridgehead atoms. The molecule has 1 aromatic rings. The van der Waals surface area contributed by atoms with Crippen LogP contribution in [0.25, 0.3) is 0 Å². The van der Waals surface area contributed by atoms with Crippen molar-refractivity contribution in [2.24, 2.45) is 11.0 Å². The molecule has 1 rings (SSSR count). The molecular weight excluding hydrogens is 254 g/mol. The normalized spacial score (nSPS) is 10.8. The van der Waals surface area contributed by atoms with E-state index in [-0.39, 0.29) is 17.7 Å². The molecule has 108 valence electrons. The van der Waals surface area contributed by atoms with Gasteiger partial charge in [-0.15, -0.1) is 0 Å². The lowest BCUT2D eigenvalue weighted by Crippen LogP contribution is -2.18. The highest BCUT2D eigenvalue weighted by Gasteiger charge is 2.05. The molecule has 0 atom stereocenters. The van der Waals surface area contributed by atoms with Gasteiger partial charge in [0.15, 0.2) is 0 Å². The minimum absolute atomic E-state index is 0.0220. The molecule has 0 heterocycles. The fourth-order valence-electron chi connectivity index (χ4n) is 1.47. The van der Waals surface area contributed by atoms with Gasteiger partial charge in [0.1, 0.15) is 0 Å². The maximum Gasteiger partial charge on any atom is 0.271 e. The summed E-state index contributed by atoms with van der Waals surface area (Å²) in [7, 11) is 0. The number of nitrogens with one attached hydrogen (secondary N) is 2. The van der Waals surface area contributed by atoms with Crippen molar-refractivity contribution in [1.29, 1.82) is 0 Å². The second kappa shape index (κ2) is 8.09. The smallest absolute Gasteiger partial charge is 0.271 e. The lowest BCUT2D eigenvalue weighted by atomic mass is 10.2. The summed E-state index contributed by atoms with van der Waals surface area (Å²) in [5.74, 6) is -0.00831. The van der Waals surface area contributed by atoms with Crippen LogP contribution in [0.4, 0.5) is 5.69 Å². The molecule has 0 saturated carbocycles. The number of hydrogen-bond acceptors (Lipinski definition) is 3. The van der Waals surface area contributed by atoms with E-state index in [2.05, 4.69) is 15.8 Å². The zero-order valence-electron chi connectivity index (χ0n) is 12.1. The summed E-state index contributed by atoms with van der Waals surface area (Å²) in [4.78, 5) is 23.2. The van der Waals surface area contributed by atoms with Crippen molar-refractivity contribution in [2.75, 3.05) is 5.32 Å². The lowest BCUT2D eigenvalue weighted by molar-refractivity contribution is -0.116. The summed E-state index contributed by atoms with van der Waals surface area (Å²) < 4.78 is 0. The maximum absolute atomic E-state index is 11.7. The molecule has 2 N–H and O–H groups in total. The van der Waals surface area contributed by atoms with E-state index in [0.717, 1.165) is 6.42 Å². The largest absolute Gasteiger partial charge is 0.326 e. The van der Waals surface area contributed by atoms with Gasteiger partial charge in [-0.3, -0.25) is 9.59 Å². The number of carbonyl (C=O) groups is 2. The van der Waals surface area contributed by atoms with Gasteiger partial charge in [-0.1, -0.05) is 20.8 Å². The summed E-state index contributed by atoms with van der Waals surface area (Å²) in [5.41, 5.74) is 3.64. The Bertz CT molecular complexity index is 478. The second-order valence-electron chi connectivity index (χ2n) is 4.84. The average Bonchev–Trinajstić information content (AvgIpc) is 2.39. The van der Waals surface area contributed by atoms with E-state index in [0.29, 0.717) is 17.7 Å². The number of hydrazone groups is 1. The molecule has 0 spiro atoms. The third-order valence-electron chi connectivity index (χ3n) is 2.45. The van der Waals surface area contributed by atoms with Crippen molar-refractivity contribution < 1.29 is 9.59 Å². The van der Waals surface area contributed by atoms with E-state index in [1.165, 1.54) is 0 Å². The first-order chi connectivity index (χ1) is 9.52. The minimum atomic E-state index is -0.270. The highest BCUT2D eigenvalue weighted by atomic mass is 16.2. The van der Waals surface area contributed by atoms with Crippen LogP contribution in [0.3, 0.4) is 0 Å². The number of rotatable bonds is 6. The molecule has 0 aliphatic carbocycles. The molecule has 0 aromatic heterocycles. The van der Waals surface area contributed by atoms with Gasteiger partial charge in [-0.2, -0.15) is 5.10 Å². The van der Waals surface area contributed by atoms with Crippen LogP contribution in [0, 0.1) is 5.92 Å². The van der Waals surface area contributed by atoms with Gasteiger partial charge >= 0.3 is 0 Å². The van der Waals surface area contributed by atoms with Crippen LogP contribution in [0.1, 0.15) is 44.0 Å². The van der Waals surface area contributed by atoms with Crippen molar-refractivity contribution in [3.8, 4) is 0 Å². The highest BCUT2D eigenvalue weighted by molar-refractivity contribution is 5.95. The van der Waals surface area contributed by atoms with Gasteiger partial charge in [0.2, 0.25) is 5.91 Å². The molecule has 0 unspecified atom stereocenters. The summed E-state index contributed by atoms with van der Waals surface area (Å²) in [6.45, 7) is 5.90. The van der Waals surface area contributed by atoms with Gasteiger partial charge in [0, 0.05) is 23.9 Å². The lowest BCUT2D eigenvalue weighted by Gasteiger charge is -2.05.